The van der Waals surface area contributed by atoms with Crippen molar-refractivity contribution >= 4 is 5.69 Å². The molecule has 0 atom stereocenters. The van der Waals surface area contributed by atoms with Gasteiger partial charge in [-0.1, -0.05) is 0 Å². The fraction of sp³-hybridized carbons (Fsp3) is 0.500. The van der Waals surface area contributed by atoms with Crippen molar-refractivity contribution in [3.63, 3.8) is 0 Å². The molecule has 1 aliphatic heterocycles. The molecule has 1 aromatic carbocycles. The van der Waals surface area contributed by atoms with Crippen molar-refractivity contribution in [2.75, 3.05) is 18.0 Å². The van der Waals surface area contributed by atoms with Crippen molar-refractivity contribution in [3.8, 4) is 5.75 Å². The summed E-state index contributed by atoms with van der Waals surface area (Å²) in [6.45, 7) is 1.61. The first-order valence-electron chi connectivity index (χ1n) is 5.76. The van der Waals surface area contributed by atoms with E-state index >= 15 is 0 Å². The molecule has 6 heteroatoms. The van der Waals surface area contributed by atoms with Gasteiger partial charge in [0, 0.05) is 24.8 Å². The van der Waals surface area contributed by atoms with E-state index in [4.69, 9.17) is 0 Å². The molecule has 0 radical (unpaired) electrons. The molecule has 2 nitrogen and oxygen atoms in total. The van der Waals surface area contributed by atoms with E-state index in [-0.39, 0.29) is 0 Å². The van der Waals surface area contributed by atoms with Crippen molar-refractivity contribution in [2.45, 2.75) is 25.6 Å². The zero-order valence-electron chi connectivity index (χ0n) is 9.63. The molecule has 0 saturated carbocycles. The Balaban J connectivity index is 2.13. The second kappa shape index (κ2) is 5.04. The van der Waals surface area contributed by atoms with Crippen LogP contribution in [0.25, 0.3) is 0 Å². The molecule has 1 aliphatic rings. The van der Waals surface area contributed by atoms with Crippen molar-refractivity contribution in [1.29, 1.82) is 0 Å². The molecule has 0 spiro atoms. The third kappa shape index (κ3) is 3.27. The number of hydrogen-bond donors (Lipinski definition) is 0. The van der Waals surface area contributed by atoms with Gasteiger partial charge in [-0.3, -0.25) is 0 Å². The van der Waals surface area contributed by atoms with Gasteiger partial charge in [-0.25, -0.2) is 4.39 Å². The predicted octanol–water partition coefficient (Wildman–Crippen LogP) is 3.71. The minimum absolute atomic E-state index is 0.599. The van der Waals surface area contributed by atoms with Gasteiger partial charge in [0.1, 0.15) is 0 Å². The average molecular weight is 263 g/mol. The topological polar surface area (TPSA) is 12.5 Å². The molecular weight excluding hydrogens is 250 g/mol. The van der Waals surface area contributed by atoms with Crippen molar-refractivity contribution in [1.82, 2.24) is 0 Å². The van der Waals surface area contributed by atoms with E-state index in [1.54, 1.807) is 0 Å². The number of anilines is 1. The number of rotatable bonds is 2. The Labute approximate surface area is 102 Å². The lowest BCUT2D eigenvalue weighted by Gasteiger charge is -2.29. The van der Waals surface area contributed by atoms with Crippen LogP contribution in [0.4, 0.5) is 23.2 Å². The largest absolute Gasteiger partial charge is 0.573 e. The Bertz CT molecular complexity index is 413. The molecule has 1 heterocycles. The third-order valence-corrected chi connectivity index (χ3v) is 2.86. The van der Waals surface area contributed by atoms with Crippen LogP contribution < -0.4 is 9.64 Å². The van der Waals surface area contributed by atoms with Crippen molar-refractivity contribution in [3.05, 3.63) is 24.0 Å². The fourth-order valence-electron chi connectivity index (χ4n) is 2.05. The van der Waals surface area contributed by atoms with Gasteiger partial charge in [0.15, 0.2) is 11.6 Å². The van der Waals surface area contributed by atoms with Gasteiger partial charge in [-0.2, -0.15) is 0 Å². The Morgan fingerprint density at radius 3 is 2.28 bits per heavy atom. The van der Waals surface area contributed by atoms with Crippen LogP contribution in [0.1, 0.15) is 19.3 Å². The summed E-state index contributed by atoms with van der Waals surface area (Å²) < 4.78 is 53.0. The lowest BCUT2D eigenvalue weighted by molar-refractivity contribution is -0.275. The molecule has 0 bridgehead atoms. The Morgan fingerprint density at radius 2 is 1.72 bits per heavy atom. The minimum Gasteiger partial charge on any atom is -0.403 e. The number of hydrogen-bond acceptors (Lipinski definition) is 2. The molecule has 0 N–H and O–H groups in total. The summed E-state index contributed by atoms with van der Waals surface area (Å²) in [6, 6.07) is 3.56. The van der Waals surface area contributed by atoms with Gasteiger partial charge in [0.05, 0.1) is 0 Å². The second-order valence-electron chi connectivity index (χ2n) is 4.21. The van der Waals surface area contributed by atoms with Crippen LogP contribution in [0.3, 0.4) is 0 Å². The quantitative estimate of drug-likeness (QED) is 0.754. The summed E-state index contributed by atoms with van der Waals surface area (Å²) in [5.41, 5.74) is 0.599. The Kier molecular flexibility index (Phi) is 3.63. The van der Waals surface area contributed by atoms with Crippen LogP contribution in [0.5, 0.6) is 5.75 Å². The van der Waals surface area contributed by atoms with E-state index in [9.17, 15) is 17.6 Å². The van der Waals surface area contributed by atoms with E-state index in [0.29, 0.717) is 5.69 Å². The molecule has 18 heavy (non-hydrogen) atoms. The summed E-state index contributed by atoms with van der Waals surface area (Å²) in [6.07, 6.45) is -1.70. The first-order chi connectivity index (χ1) is 8.46. The number of alkyl halides is 3. The molecule has 1 fully saturated rings. The standard InChI is InChI=1S/C12H13F4NO/c13-10-8-9(17-6-2-1-3-7-17)4-5-11(10)18-12(14,15)16/h4-5,8H,1-3,6-7H2. The fourth-order valence-corrected chi connectivity index (χ4v) is 2.05. The molecule has 1 saturated heterocycles. The normalized spacial score (nSPS) is 16.8. The van der Waals surface area contributed by atoms with Gasteiger partial charge < -0.3 is 9.64 Å². The summed E-state index contributed by atoms with van der Waals surface area (Å²) in [4.78, 5) is 1.96. The molecule has 0 unspecified atom stereocenters. The molecule has 0 aromatic heterocycles. The van der Waals surface area contributed by atoms with Gasteiger partial charge in [-0.05, 0) is 31.4 Å². The number of ether oxygens (including phenoxy) is 1. The van der Waals surface area contributed by atoms with Gasteiger partial charge in [-0.15, -0.1) is 13.2 Å². The maximum Gasteiger partial charge on any atom is 0.573 e. The van der Waals surface area contributed by atoms with E-state index in [0.717, 1.165) is 44.5 Å². The van der Waals surface area contributed by atoms with Crippen LogP contribution in [0.2, 0.25) is 0 Å². The van der Waals surface area contributed by atoms with Crippen LogP contribution >= 0.6 is 0 Å². The average Bonchev–Trinajstić information content (AvgIpc) is 2.31. The van der Waals surface area contributed by atoms with Gasteiger partial charge in [0.25, 0.3) is 0 Å². The number of piperidine rings is 1. The van der Waals surface area contributed by atoms with Crippen molar-refractivity contribution in [2.24, 2.45) is 0 Å². The lowest BCUT2D eigenvalue weighted by atomic mass is 10.1. The van der Waals surface area contributed by atoms with Crippen LogP contribution in [-0.4, -0.2) is 19.5 Å². The maximum atomic E-state index is 13.5. The number of nitrogens with zero attached hydrogens (tertiary/aromatic N) is 1. The second-order valence-corrected chi connectivity index (χ2v) is 4.21. The summed E-state index contributed by atoms with van der Waals surface area (Å²) in [5.74, 6) is -1.78. The minimum atomic E-state index is -4.87. The van der Waals surface area contributed by atoms with E-state index in [1.165, 1.54) is 6.07 Å². The van der Waals surface area contributed by atoms with E-state index < -0.39 is 17.9 Å². The Morgan fingerprint density at radius 1 is 1.06 bits per heavy atom. The number of halogens is 4. The SMILES string of the molecule is Fc1cc(N2CCCCC2)ccc1OC(F)(F)F. The van der Waals surface area contributed by atoms with E-state index in [1.807, 2.05) is 4.90 Å². The molecular formula is C12H13F4NO. The summed E-state index contributed by atoms with van der Waals surface area (Å²) >= 11 is 0. The molecule has 0 aliphatic carbocycles. The summed E-state index contributed by atoms with van der Waals surface area (Å²) in [5, 5.41) is 0. The highest BCUT2D eigenvalue weighted by molar-refractivity contribution is 5.50. The molecule has 2 rings (SSSR count). The van der Waals surface area contributed by atoms with Crippen LogP contribution in [-0.2, 0) is 0 Å². The smallest absolute Gasteiger partial charge is 0.403 e. The van der Waals surface area contributed by atoms with Crippen molar-refractivity contribution < 1.29 is 22.3 Å². The number of benzene rings is 1. The molecule has 1 aromatic rings. The third-order valence-electron chi connectivity index (χ3n) is 2.86. The first kappa shape index (κ1) is 13.0. The Hall–Kier alpha value is -1.46. The first-order valence-corrected chi connectivity index (χ1v) is 5.76. The summed E-state index contributed by atoms with van der Waals surface area (Å²) in [7, 11) is 0. The molecule has 100 valence electrons. The van der Waals surface area contributed by atoms with Crippen LogP contribution in [0, 0.1) is 5.82 Å². The molecule has 0 amide bonds. The highest BCUT2D eigenvalue weighted by Crippen LogP contribution is 2.29. The van der Waals surface area contributed by atoms with Gasteiger partial charge >= 0.3 is 6.36 Å². The van der Waals surface area contributed by atoms with E-state index in [2.05, 4.69) is 4.74 Å². The maximum absolute atomic E-state index is 13.5. The zero-order chi connectivity index (χ0) is 13.2. The monoisotopic (exact) mass is 263 g/mol. The van der Waals surface area contributed by atoms with Crippen LogP contribution in [0.15, 0.2) is 18.2 Å². The highest BCUT2D eigenvalue weighted by atomic mass is 19.4. The lowest BCUT2D eigenvalue weighted by Crippen LogP contribution is -2.29. The van der Waals surface area contributed by atoms with Gasteiger partial charge in [0.2, 0.25) is 0 Å². The highest BCUT2D eigenvalue weighted by Gasteiger charge is 2.32. The predicted molar refractivity (Wildman–Crippen MR) is 59.1 cm³/mol. The zero-order valence-corrected chi connectivity index (χ0v) is 9.63.